The molecule has 2 nitrogen and oxygen atoms in total. The van der Waals surface area contributed by atoms with E-state index in [1.165, 1.54) is 12.1 Å². The van der Waals surface area contributed by atoms with E-state index in [0.717, 1.165) is 37.9 Å². The molecule has 4 heteroatoms. The monoisotopic (exact) mass is 341 g/mol. The number of nitrogens with zero attached hydrogens (tertiary/aromatic N) is 1. The molecule has 2 rings (SSSR count). The van der Waals surface area contributed by atoms with Crippen molar-refractivity contribution in [1.29, 1.82) is 0 Å². The normalized spacial score (nSPS) is 19.0. The minimum Gasteiger partial charge on any atom is -0.297 e. The minimum absolute atomic E-state index is 0.180. The van der Waals surface area contributed by atoms with Crippen LogP contribution in [0.25, 0.3) is 0 Å². The third-order valence-electron chi connectivity index (χ3n) is 4.38. The van der Waals surface area contributed by atoms with Crippen molar-refractivity contribution in [1.82, 2.24) is 4.90 Å². The predicted molar refractivity (Wildman–Crippen MR) is 82.3 cm³/mol. The molecular weight excluding hydrogens is 321 g/mol. The molecular formula is C16H21BrFNO. The second kappa shape index (κ2) is 6.35. The average molecular weight is 342 g/mol. The van der Waals surface area contributed by atoms with Gasteiger partial charge in [0.25, 0.3) is 0 Å². The number of likely N-dealkylation sites (tertiary alicyclic amines) is 1. The average Bonchev–Trinajstić information content (AvgIpc) is 2.90. The SMILES string of the molecule is CCC(C)(C(=O)Cc1cc(F)cc(Br)c1)N1CCCC1. The van der Waals surface area contributed by atoms with Gasteiger partial charge in [0.1, 0.15) is 5.82 Å². The number of carbonyl (C=O) groups is 1. The van der Waals surface area contributed by atoms with E-state index in [1.807, 2.05) is 13.0 Å². The summed E-state index contributed by atoms with van der Waals surface area (Å²) < 4.78 is 14.1. The van der Waals surface area contributed by atoms with Crippen LogP contribution in [0, 0.1) is 5.82 Å². The highest BCUT2D eigenvalue weighted by Crippen LogP contribution is 2.27. The van der Waals surface area contributed by atoms with Crippen molar-refractivity contribution in [3.05, 3.63) is 34.1 Å². The molecule has 110 valence electrons. The fraction of sp³-hybridized carbons (Fsp3) is 0.562. The minimum atomic E-state index is -0.421. The van der Waals surface area contributed by atoms with Crippen LogP contribution < -0.4 is 0 Å². The van der Waals surface area contributed by atoms with Crippen molar-refractivity contribution < 1.29 is 9.18 Å². The Morgan fingerprint density at radius 3 is 2.55 bits per heavy atom. The highest BCUT2D eigenvalue weighted by atomic mass is 79.9. The number of halogens is 2. The Morgan fingerprint density at radius 1 is 1.35 bits per heavy atom. The van der Waals surface area contributed by atoms with Crippen molar-refractivity contribution in [3.63, 3.8) is 0 Å². The Morgan fingerprint density at radius 2 is 2.00 bits per heavy atom. The first-order valence-electron chi connectivity index (χ1n) is 7.19. The zero-order chi connectivity index (χ0) is 14.8. The molecule has 0 aliphatic carbocycles. The standard InChI is InChI=1S/C16H21BrFNO/c1-3-16(2,19-6-4-5-7-19)15(20)10-12-8-13(17)11-14(18)9-12/h8-9,11H,3-7,10H2,1-2H3. The maximum atomic E-state index is 13.4. The Hall–Kier alpha value is -0.740. The van der Waals surface area contributed by atoms with E-state index in [9.17, 15) is 9.18 Å². The van der Waals surface area contributed by atoms with Gasteiger partial charge in [-0.3, -0.25) is 9.69 Å². The summed E-state index contributed by atoms with van der Waals surface area (Å²) in [6, 6.07) is 4.68. The van der Waals surface area contributed by atoms with Crippen LogP contribution in [0.2, 0.25) is 0 Å². The molecule has 0 spiro atoms. The highest BCUT2D eigenvalue weighted by Gasteiger charge is 2.38. The van der Waals surface area contributed by atoms with E-state index in [2.05, 4.69) is 27.8 Å². The number of benzene rings is 1. The molecule has 0 bridgehead atoms. The summed E-state index contributed by atoms with van der Waals surface area (Å²) in [5, 5.41) is 0. The molecule has 1 fully saturated rings. The molecule has 0 amide bonds. The van der Waals surface area contributed by atoms with Gasteiger partial charge in [0.2, 0.25) is 0 Å². The zero-order valence-corrected chi connectivity index (χ0v) is 13.7. The van der Waals surface area contributed by atoms with Crippen LogP contribution in [-0.2, 0) is 11.2 Å². The van der Waals surface area contributed by atoms with Gasteiger partial charge in [0.15, 0.2) is 5.78 Å². The molecule has 1 aliphatic heterocycles. The molecule has 1 unspecified atom stereocenters. The van der Waals surface area contributed by atoms with Crippen molar-refractivity contribution in [2.75, 3.05) is 13.1 Å². The lowest BCUT2D eigenvalue weighted by molar-refractivity contribution is -0.129. The van der Waals surface area contributed by atoms with Crippen LogP contribution in [0.4, 0.5) is 4.39 Å². The molecule has 1 heterocycles. The van der Waals surface area contributed by atoms with Crippen molar-refractivity contribution in [2.24, 2.45) is 0 Å². The maximum absolute atomic E-state index is 13.4. The number of carbonyl (C=O) groups excluding carboxylic acids is 1. The van der Waals surface area contributed by atoms with Gasteiger partial charge in [-0.2, -0.15) is 0 Å². The van der Waals surface area contributed by atoms with E-state index in [-0.39, 0.29) is 18.0 Å². The summed E-state index contributed by atoms with van der Waals surface area (Å²) in [4.78, 5) is 15.0. The molecule has 0 radical (unpaired) electrons. The first-order chi connectivity index (χ1) is 9.45. The van der Waals surface area contributed by atoms with Crippen LogP contribution >= 0.6 is 15.9 Å². The van der Waals surface area contributed by atoms with Crippen molar-refractivity contribution in [2.45, 2.75) is 45.1 Å². The summed E-state index contributed by atoms with van der Waals surface area (Å²) in [5.74, 6) is -0.124. The highest BCUT2D eigenvalue weighted by molar-refractivity contribution is 9.10. The summed E-state index contributed by atoms with van der Waals surface area (Å²) in [6.45, 7) is 6.05. The number of ketones is 1. The number of hydrogen-bond acceptors (Lipinski definition) is 2. The van der Waals surface area contributed by atoms with Crippen LogP contribution in [0.3, 0.4) is 0 Å². The van der Waals surface area contributed by atoms with Gasteiger partial charge in [0, 0.05) is 10.9 Å². The molecule has 0 saturated carbocycles. The van der Waals surface area contributed by atoms with E-state index in [0.29, 0.717) is 4.47 Å². The first kappa shape index (κ1) is 15.6. The van der Waals surface area contributed by atoms with E-state index >= 15 is 0 Å². The largest absolute Gasteiger partial charge is 0.297 e. The van der Waals surface area contributed by atoms with Gasteiger partial charge in [-0.15, -0.1) is 0 Å². The quantitative estimate of drug-likeness (QED) is 0.807. The van der Waals surface area contributed by atoms with Crippen LogP contribution in [0.5, 0.6) is 0 Å². The lowest BCUT2D eigenvalue weighted by atomic mass is 9.87. The van der Waals surface area contributed by atoms with Gasteiger partial charge in [-0.1, -0.05) is 22.9 Å². The van der Waals surface area contributed by atoms with Gasteiger partial charge >= 0.3 is 0 Å². The second-order valence-corrected chi connectivity index (χ2v) is 6.61. The topological polar surface area (TPSA) is 20.3 Å². The summed E-state index contributed by atoms with van der Waals surface area (Å²) in [5.41, 5.74) is 0.315. The fourth-order valence-corrected chi connectivity index (χ4v) is 3.41. The summed E-state index contributed by atoms with van der Waals surface area (Å²) >= 11 is 3.27. The van der Waals surface area contributed by atoms with E-state index in [4.69, 9.17) is 0 Å². The Balaban J connectivity index is 2.16. The lowest BCUT2D eigenvalue weighted by Gasteiger charge is -2.36. The molecule has 20 heavy (non-hydrogen) atoms. The molecule has 1 aromatic carbocycles. The third-order valence-corrected chi connectivity index (χ3v) is 4.84. The lowest BCUT2D eigenvalue weighted by Crippen LogP contribution is -2.51. The van der Waals surface area contributed by atoms with E-state index < -0.39 is 5.54 Å². The predicted octanol–water partition coefficient (Wildman–Crippen LogP) is 3.96. The molecule has 1 aliphatic rings. The third kappa shape index (κ3) is 3.29. The molecule has 0 N–H and O–H groups in total. The van der Waals surface area contributed by atoms with Gasteiger partial charge in [-0.25, -0.2) is 4.39 Å². The van der Waals surface area contributed by atoms with Crippen LogP contribution in [-0.4, -0.2) is 29.3 Å². The van der Waals surface area contributed by atoms with Gasteiger partial charge < -0.3 is 0 Å². The van der Waals surface area contributed by atoms with Crippen LogP contribution in [0.15, 0.2) is 22.7 Å². The van der Waals surface area contributed by atoms with E-state index in [1.54, 1.807) is 0 Å². The summed E-state index contributed by atoms with van der Waals surface area (Å²) in [7, 11) is 0. The molecule has 1 saturated heterocycles. The molecule has 0 aromatic heterocycles. The Kier molecular flexibility index (Phi) is 4.97. The second-order valence-electron chi connectivity index (χ2n) is 5.70. The smallest absolute Gasteiger partial charge is 0.157 e. The molecule has 1 aromatic rings. The van der Waals surface area contributed by atoms with Crippen LogP contribution in [0.1, 0.15) is 38.7 Å². The first-order valence-corrected chi connectivity index (χ1v) is 7.98. The zero-order valence-electron chi connectivity index (χ0n) is 12.1. The van der Waals surface area contributed by atoms with Gasteiger partial charge in [-0.05, 0) is 63.0 Å². The number of Topliss-reactive ketones (excluding diaryl/α,β-unsaturated/α-hetero) is 1. The van der Waals surface area contributed by atoms with Gasteiger partial charge in [0.05, 0.1) is 5.54 Å². The maximum Gasteiger partial charge on any atom is 0.157 e. The van der Waals surface area contributed by atoms with Crippen molar-refractivity contribution in [3.8, 4) is 0 Å². The Bertz CT molecular complexity index is 479. The fourth-order valence-electron chi connectivity index (χ4n) is 2.90. The number of hydrogen-bond donors (Lipinski definition) is 0. The van der Waals surface area contributed by atoms with Crippen molar-refractivity contribution >= 4 is 21.7 Å². The summed E-state index contributed by atoms with van der Waals surface area (Å²) in [6.07, 6.45) is 3.41. The molecule has 1 atom stereocenters. The Labute approximate surface area is 128 Å². The number of rotatable bonds is 5.